The summed E-state index contributed by atoms with van der Waals surface area (Å²) < 4.78 is 6.25. The van der Waals surface area contributed by atoms with Gasteiger partial charge in [-0.3, -0.25) is 9.59 Å². The van der Waals surface area contributed by atoms with Crippen LogP contribution in [0.15, 0.2) is 71.2 Å². The third-order valence-corrected chi connectivity index (χ3v) is 7.10. The van der Waals surface area contributed by atoms with Gasteiger partial charge in [-0.05, 0) is 63.2 Å². The van der Waals surface area contributed by atoms with Crippen molar-refractivity contribution < 1.29 is 24.2 Å². The molecule has 1 aliphatic carbocycles. The van der Waals surface area contributed by atoms with Gasteiger partial charge in [-0.2, -0.15) is 0 Å². The number of halogens is 1. The molecule has 0 spiro atoms. The zero-order valence-corrected chi connectivity index (χ0v) is 20.7. The van der Waals surface area contributed by atoms with E-state index in [1.54, 1.807) is 12.1 Å². The quantitative estimate of drug-likeness (QED) is 0.354. The number of carboxylic acids is 1. The third kappa shape index (κ3) is 5.54. The minimum absolute atomic E-state index is 0.0746. The first-order valence-electron chi connectivity index (χ1n) is 11.2. The van der Waals surface area contributed by atoms with Crippen molar-refractivity contribution in [2.75, 3.05) is 11.9 Å². The molecule has 0 fully saturated rings. The van der Waals surface area contributed by atoms with E-state index in [1.807, 2.05) is 61.5 Å². The molecule has 3 N–H and O–H groups in total. The predicted molar refractivity (Wildman–Crippen MR) is 136 cm³/mol. The Morgan fingerprint density at radius 1 is 0.971 bits per heavy atom. The van der Waals surface area contributed by atoms with Gasteiger partial charge in [-0.15, -0.1) is 0 Å². The molecule has 8 heteroatoms. The van der Waals surface area contributed by atoms with Crippen molar-refractivity contribution in [1.82, 2.24) is 5.32 Å². The summed E-state index contributed by atoms with van der Waals surface area (Å²) in [7, 11) is 0. The Hall–Kier alpha value is -3.65. The number of fused-ring (bicyclic) bond motifs is 3. The normalized spacial score (nSPS) is 12.9. The third-order valence-electron chi connectivity index (χ3n) is 6.05. The van der Waals surface area contributed by atoms with Gasteiger partial charge >= 0.3 is 12.1 Å². The molecule has 1 aliphatic rings. The minimum Gasteiger partial charge on any atom is -0.481 e. The van der Waals surface area contributed by atoms with Gasteiger partial charge in [0, 0.05) is 16.8 Å². The second-order valence-electron chi connectivity index (χ2n) is 8.38. The van der Waals surface area contributed by atoms with Crippen LogP contribution in [0.1, 0.15) is 35.4 Å². The molecule has 0 saturated carbocycles. The molecule has 1 unspecified atom stereocenters. The highest BCUT2D eigenvalue weighted by Crippen LogP contribution is 2.44. The monoisotopic (exact) mass is 536 g/mol. The van der Waals surface area contributed by atoms with Crippen molar-refractivity contribution in [3.05, 3.63) is 87.9 Å². The maximum atomic E-state index is 12.9. The van der Waals surface area contributed by atoms with Gasteiger partial charge < -0.3 is 20.5 Å². The first kappa shape index (κ1) is 24.5. The first-order valence-corrected chi connectivity index (χ1v) is 12.0. The number of aliphatic carboxylic acids is 1. The number of ether oxygens (including phenoxy) is 1. The highest BCUT2D eigenvalue weighted by molar-refractivity contribution is 9.10. The fourth-order valence-electron chi connectivity index (χ4n) is 4.28. The average molecular weight is 537 g/mol. The molecule has 180 valence electrons. The lowest BCUT2D eigenvalue weighted by Crippen LogP contribution is -2.44. The fourth-order valence-corrected chi connectivity index (χ4v) is 4.65. The van der Waals surface area contributed by atoms with Crippen molar-refractivity contribution in [2.45, 2.75) is 31.7 Å². The van der Waals surface area contributed by atoms with Crippen LogP contribution in [-0.4, -0.2) is 35.7 Å². The van der Waals surface area contributed by atoms with Gasteiger partial charge in [-0.25, -0.2) is 4.79 Å². The van der Waals surface area contributed by atoms with E-state index in [2.05, 4.69) is 26.6 Å². The number of anilines is 1. The number of alkyl carbamates (subject to hydrolysis) is 1. The van der Waals surface area contributed by atoms with Crippen LogP contribution in [0.25, 0.3) is 11.1 Å². The molecule has 1 atom stereocenters. The number of nitrogens with one attached hydrogen (secondary N) is 2. The zero-order valence-electron chi connectivity index (χ0n) is 19.1. The SMILES string of the molecule is Cc1cccc(NC(=O)C(CCC(=O)O)NC(=O)OCC2c3ccccc3-c3ccccc32)c1Br. The number of hydrogen-bond donors (Lipinski definition) is 3. The Bertz CT molecular complexity index is 1230. The Labute approximate surface area is 211 Å². The van der Waals surface area contributed by atoms with Gasteiger partial charge in [0.05, 0.1) is 5.69 Å². The van der Waals surface area contributed by atoms with Gasteiger partial charge in [-0.1, -0.05) is 60.7 Å². The number of aryl methyl sites for hydroxylation is 1. The van der Waals surface area contributed by atoms with E-state index in [0.29, 0.717) is 10.2 Å². The summed E-state index contributed by atoms with van der Waals surface area (Å²) in [6.07, 6.45) is -1.13. The number of hydrogen-bond acceptors (Lipinski definition) is 4. The zero-order chi connectivity index (χ0) is 24.9. The number of amides is 2. The minimum atomic E-state index is -1.07. The average Bonchev–Trinajstić information content (AvgIpc) is 3.17. The molecule has 35 heavy (non-hydrogen) atoms. The van der Waals surface area contributed by atoms with E-state index in [9.17, 15) is 14.4 Å². The molecule has 7 nitrogen and oxygen atoms in total. The van der Waals surface area contributed by atoms with E-state index >= 15 is 0 Å². The van der Waals surface area contributed by atoms with Gasteiger partial charge in [0.2, 0.25) is 5.91 Å². The lowest BCUT2D eigenvalue weighted by Gasteiger charge is -2.20. The Balaban J connectivity index is 1.44. The summed E-state index contributed by atoms with van der Waals surface area (Å²) in [4.78, 5) is 36.7. The molecule has 0 saturated heterocycles. The fraction of sp³-hybridized carbons (Fsp3) is 0.222. The van der Waals surface area contributed by atoms with Crippen molar-refractivity contribution in [3.8, 4) is 11.1 Å². The summed E-state index contributed by atoms with van der Waals surface area (Å²) in [6, 6.07) is 20.3. The topological polar surface area (TPSA) is 105 Å². The number of rotatable bonds is 8. The Morgan fingerprint density at radius 2 is 1.60 bits per heavy atom. The second kappa shape index (κ2) is 10.7. The van der Waals surface area contributed by atoms with Crippen LogP contribution in [0.4, 0.5) is 10.5 Å². The van der Waals surface area contributed by atoms with Gasteiger partial charge in [0.1, 0.15) is 12.6 Å². The van der Waals surface area contributed by atoms with Crippen LogP contribution in [-0.2, 0) is 14.3 Å². The molecule has 3 aromatic rings. The van der Waals surface area contributed by atoms with Gasteiger partial charge in [0.15, 0.2) is 0 Å². The van der Waals surface area contributed by atoms with E-state index in [4.69, 9.17) is 9.84 Å². The standard InChI is InChI=1S/C27H25BrN2O5/c1-16-7-6-12-22(25(16)28)29-26(33)23(13-14-24(31)32)30-27(34)35-15-21-19-10-4-2-8-17(19)18-9-3-5-11-20(18)21/h2-12,21,23H,13-15H2,1H3,(H,29,33)(H,30,34)(H,31,32). The summed E-state index contributed by atoms with van der Waals surface area (Å²) in [5.41, 5.74) is 5.83. The van der Waals surface area contributed by atoms with Crippen LogP contribution < -0.4 is 10.6 Å². The molecule has 0 bridgehead atoms. The Kier molecular flexibility index (Phi) is 7.51. The van der Waals surface area contributed by atoms with E-state index in [-0.39, 0.29) is 25.4 Å². The lowest BCUT2D eigenvalue weighted by molar-refractivity contribution is -0.137. The van der Waals surface area contributed by atoms with Crippen molar-refractivity contribution >= 4 is 39.6 Å². The maximum absolute atomic E-state index is 12.9. The highest BCUT2D eigenvalue weighted by atomic mass is 79.9. The highest BCUT2D eigenvalue weighted by Gasteiger charge is 2.30. The van der Waals surface area contributed by atoms with Crippen molar-refractivity contribution in [2.24, 2.45) is 0 Å². The number of carboxylic acid groups (broad SMARTS) is 1. The van der Waals surface area contributed by atoms with Crippen LogP contribution in [0.3, 0.4) is 0 Å². The molecular weight excluding hydrogens is 512 g/mol. The largest absolute Gasteiger partial charge is 0.481 e. The van der Waals surface area contributed by atoms with Crippen LogP contribution in [0.5, 0.6) is 0 Å². The molecule has 0 aromatic heterocycles. The summed E-state index contributed by atoms with van der Waals surface area (Å²) in [5, 5.41) is 14.4. The lowest BCUT2D eigenvalue weighted by atomic mass is 9.98. The second-order valence-corrected chi connectivity index (χ2v) is 9.17. The summed E-state index contributed by atoms with van der Waals surface area (Å²) in [6.45, 7) is 1.98. The molecule has 0 radical (unpaired) electrons. The molecule has 0 heterocycles. The van der Waals surface area contributed by atoms with Gasteiger partial charge in [0.25, 0.3) is 0 Å². The smallest absolute Gasteiger partial charge is 0.407 e. The molecule has 3 aromatic carbocycles. The summed E-state index contributed by atoms with van der Waals surface area (Å²) >= 11 is 3.44. The van der Waals surface area contributed by atoms with E-state index in [1.165, 1.54) is 0 Å². The number of carbonyl (C=O) groups is 3. The maximum Gasteiger partial charge on any atom is 0.407 e. The molecule has 2 amide bonds. The summed E-state index contributed by atoms with van der Waals surface area (Å²) in [5.74, 6) is -1.71. The number of benzene rings is 3. The molecular formula is C27H25BrN2O5. The molecule has 0 aliphatic heterocycles. The first-order chi connectivity index (χ1) is 16.8. The van der Waals surface area contributed by atoms with E-state index < -0.39 is 24.0 Å². The number of carbonyl (C=O) groups excluding carboxylic acids is 2. The molecule has 4 rings (SSSR count). The van der Waals surface area contributed by atoms with Crippen LogP contribution in [0.2, 0.25) is 0 Å². The van der Waals surface area contributed by atoms with Crippen molar-refractivity contribution in [3.63, 3.8) is 0 Å². The Morgan fingerprint density at radius 3 is 2.23 bits per heavy atom. The van der Waals surface area contributed by atoms with Crippen LogP contribution in [0, 0.1) is 6.92 Å². The van der Waals surface area contributed by atoms with E-state index in [0.717, 1.165) is 27.8 Å². The van der Waals surface area contributed by atoms with Crippen molar-refractivity contribution in [1.29, 1.82) is 0 Å². The predicted octanol–water partition coefficient (Wildman–Crippen LogP) is 5.47. The van der Waals surface area contributed by atoms with Crippen LogP contribution >= 0.6 is 15.9 Å².